The van der Waals surface area contributed by atoms with Crippen LogP contribution >= 0.6 is 50.7 Å². The summed E-state index contributed by atoms with van der Waals surface area (Å²) >= 11 is 22.4. The second-order valence-corrected chi connectivity index (χ2v) is 35.7. The quantitative estimate of drug-likeness (QED) is 0.0492. The number of benzene rings is 6. The Labute approximate surface area is 775 Å². The average Bonchev–Trinajstić information content (AvgIpc) is 1.65. The number of aromatic nitrogens is 9. The van der Waals surface area contributed by atoms with Crippen LogP contribution in [-0.4, -0.2) is 181 Å². The number of anilines is 3. The molecule has 130 heavy (non-hydrogen) atoms. The summed E-state index contributed by atoms with van der Waals surface area (Å²) in [4.78, 5) is 45.2. The molecule has 6 aliphatic rings. The molecule has 6 aromatic carbocycles. The fourth-order valence-corrected chi connectivity index (χ4v) is 14.9. The Morgan fingerprint density at radius 1 is 0.508 bits per heavy atom. The molecule has 9 heterocycles. The van der Waals surface area contributed by atoms with Crippen LogP contribution in [0.25, 0.3) is 44.9 Å². The molecule has 3 unspecified atom stereocenters. The number of carboxylic acid groups (broad SMARTS) is 2. The molecule has 9 aromatic rings. The minimum absolute atomic E-state index is 0.0944. The van der Waals surface area contributed by atoms with Crippen LogP contribution in [0.3, 0.4) is 0 Å². The Morgan fingerprint density at radius 3 is 1.13 bits per heavy atom. The van der Waals surface area contributed by atoms with Crippen LogP contribution in [0, 0.1) is 38.2 Å². The van der Waals surface area contributed by atoms with Crippen LogP contribution < -0.4 is 21.3 Å². The van der Waals surface area contributed by atoms with Crippen molar-refractivity contribution in [2.45, 2.75) is 215 Å². The highest BCUT2D eigenvalue weighted by atomic mass is 79.9. The van der Waals surface area contributed by atoms with Crippen molar-refractivity contribution in [2.24, 2.45) is 0 Å². The second-order valence-electron chi connectivity index (χ2n) is 33.6. The fourth-order valence-electron chi connectivity index (χ4n) is 13.8. The lowest BCUT2D eigenvalue weighted by atomic mass is 9.90. The number of nitrogens with one attached hydrogen (secondary N) is 4. The number of carboxylic acids is 2. The van der Waals surface area contributed by atoms with E-state index < -0.39 is 46.7 Å². The first-order valence-electron chi connectivity index (χ1n) is 42.2. The fraction of sp³-hybridized carbons (Fsp3) is 0.429. The zero-order valence-corrected chi connectivity index (χ0v) is 78.2. The number of aliphatic carboxylic acids is 2. The molecule has 0 fully saturated rings. The van der Waals surface area contributed by atoms with E-state index >= 15 is 0 Å². The molecule has 3 atom stereocenters. The van der Waals surface area contributed by atoms with Gasteiger partial charge in [0, 0.05) is 74.9 Å². The Kier molecular flexibility index (Phi) is 35.8. The lowest BCUT2D eigenvalue weighted by Crippen LogP contribution is -2.44. The maximum Gasteiger partial charge on any atom is 0.490 e. The molecular formula is C91H107BBrCl3F9N15O10. The van der Waals surface area contributed by atoms with Gasteiger partial charge in [-0.3, -0.25) is 0 Å². The van der Waals surface area contributed by atoms with Gasteiger partial charge in [0.2, 0.25) is 0 Å². The molecule has 700 valence electrons. The summed E-state index contributed by atoms with van der Waals surface area (Å²) in [6.45, 7) is 31.8. The number of alkyl halides is 6. The average molecular weight is 1940 g/mol. The summed E-state index contributed by atoms with van der Waals surface area (Å²) in [6, 6.07) is 32.8. The lowest BCUT2D eigenvalue weighted by molar-refractivity contribution is -0.193. The van der Waals surface area contributed by atoms with E-state index in [9.17, 15) is 49.1 Å². The molecule has 0 spiro atoms. The molecule has 39 heteroatoms. The highest BCUT2D eigenvalue weighted by Crippen LogP contribution is 2.45. The van der Waals surface area contributed by atoms with Gasteiger partial charge in [-0.05, 0) is 235 Å². The number of fused-ring (bicyclic) bond motifs is 9. The van der Waals surface area contributed by atoms with Crippen molar-refractivity contribution in [3.8, 4) is 33.8 Å². The molecule has 0 bridgehead atoms. The predicted octanol–water partition coefficient (Wildman–Crippen LogP) is 21.5. The number of halogens is 13. The van der Waals surface area contributed by atoms with E-state index in [1.54, 1.807) is 80.8 Å². The number of hydrogen-bond acceptors (Lipinski definition) is 18. The maximum atomic E-state index is 14.7. The third-order valence-corrected chi connectivity index (χ3v) is 22.4. The van der Waals surface area contributed by atoms with Crippen LogP contribution in [0.5, 0.6) is 0 Å². The van der Waals surface area contributed by atoms with Crippen molar-refractivity contribution in [1.29, 1.82) is 0 Å². The molecule has 0 aliphatic carbocycles. The third-order valence-electron chi connectivity index (χ3n) is 21.0. The van der Waals surface area contributed by atoms with Crippen LogP contribution in [0.2, 0.25) is 15.1 Å². The summed E-state index contributed by atoms with van der Waals surface area (Å²) in [5, 5.41) is 72.6. The molecule has 6 aliphatic heterocycles. The van der Waals surface area contributed by atoms with Crippen LogP contribution in [-0.2, 0) is 38.7 Å². The predicted molar refractivity (Wildman–Crippen MR) is 489 cm³/mol. The molecule has 2 radical (unpaired) electrons. The highest BCUT2D eigenvalue weighted by Gasteiger charge is 2.40. The van der Waals surface area contributed by atoms with Gasteiger partial charge < -0.3 is 61.0 Å². The van der Waals surface area contributed by atoms with Crippen molar-refractivity contribution >= 4 is 111 Å². The SMILES string of the molecule is CC(C)(O)C(C)(C)O.Cc1nnn2c1-c1ccc(Br)cc1C(Nc1c(F)cccc1Cl)CC2.Cc1nnn2c1-c1ccc(C3=CCN(C(=O)OC(C)(C)C)CC3)cc1C(Nc1c(F)cccc1Cl)CC2.Cc1nnn2c1-c1ccc(C3=CCNCC3)cc1C(Nc1c(F)cccc1Cl)CC2.O=C(O)C(F)(F)F.O=C(O)C(F)(F)F.[2H]CC.[B]C1=CCN(C(=O)OC(C)(C)C)CC1. The Morgan fingerprint density at radius 2 is 0.838 bits per heavy atom. The van der Waals surface area contributed by atoms with Crippen molar-refractivity contribution in [3.05, 3.63) is 215 Å². The summed E-state index contributed by atoms with van der Waals surface area (Å²) in [7, 11) is 5.61. The number of aryl methyl sites for hydroxylation is 6. The number of amides is 2. The van der Waals surface area contributed by atoms with E-state index in [0.29, 0.717) is 97.7 Å². The van der Waals surface area contributed by atoms with Gasteiger partial charge in [-0.1, -0.05) is 147 Å². The first-order chi connectivity index (χ1) is 61.2. The molecule has 3 aromatic heterocycles. The van der Waals surface area contributed by atoms with Crippen molar-refractivity contribution in [3.63, 3.8) is 0 Å². The summed E-state index contributed by atoms with van der Waals surface area (Å²) in [5.41, 5.74) is 15.6. The van der Waals surface area contributed by atoms with Crippen molar-refractivity contribution in [1.82, 2.24) is 60.1 Å². The number of carbonyl (C=O) groups is 4. The largest absolute Gasteiger partial charge is 0.490 e. The molecule has 8 N–H and O–H groups in total. The topological polar surface area (TPSA) is 314 Å². The molecule has 0 saturated heterocycles. The van der Waals surface area contributed by atoms with Gasteiger partial charge in [-0.15, -0.1) is 20.8 Å². The molecule has 2 amide bonds. The normalized spacial score (nSPS) is 16.4. The van der Waals surface area contributed by atoms with Gasteiger partial charge in [-0.2, -0.15) is 26.3 Å². The van der Waals surface area contributed by atoms with Crippen molar-refractivity contribution in [2.75, 3.05) is 55.2 Å². The molecule has 15 rings (SSSR count). The van der Waals surface area contributed by atoms with Gasteiger partial charge in [-0.25, -0.2) is 46.4 Å². The van der Waals surface area contributed by atoms with E-state index in [4.69, 9.17) is 83.5 Å². The maximum absolute atomic E-state index is 14.7. The first kappa shape index (κ1) is 103. The minimum Gasteiger partial charge on any atom is -0.475 e. The van der Waals surface area contributed by atoms with Gasteiger partial charge >= 0.3 is 36.5 Å². The molecule has 0 saturated carbocycles. The number of para-hydroxylation sites is 3. The zero-order valence-electron chi connectivity index (χ0n) is 75.3. The van der Waals surface area contributed by atoms with Crippen LogP contribution in [0.15, 0.2) is 137 Å². The summed E-state index contributed by atoms with van der Waals surface area (Å²) in [6.07, 6.45) is 0.0702. The molecular weight excluding hydrogens is 1830 g/mol. The van der Waals surface area contributed by atoms with E-state index in [-0.39, 0.29) is 47.8 Å². The van der Waals surface area contributed by atoms with Gasteiger partial charge in [0.05, 0.1) is 95.6 Å². The van der Waals surface area contributed by atoms with Crippen LogP contribution in [0.1, 0.15) is 186 Å². The van der Waals surface area contributed by atoms with Crippen molar-refractivity contribution < 1.29 is 90.0 Å². The van der Waals surface area contributed by atoms with Gasteiger partial charge in [0.15, 0.2) is 0 Å². The van der Waals surface area contributed by atoms with Gasteiger partial charge in [0.25, 0.3) is 0 Å². The van der Waals surface area contributed by atoms with E-state index in [2.05, 4.69) is 123 Å². The third kappa shape index (κ3) is 28.8. The smallest absolute Gasteiger partial charge is 0.475 e. The van der Waals surface area contributed by atoms with E-state index in [1.807, 2.05) is 94.6 Å². The number of nitrogens with zero attached hydrogens (tertiary/aromatic N) is 11. The second kappa shape index (κ2) is 45.1. The van der Waals surface area contributed by atoms with Crippen LogP contribution in [0.4, 0.5) is 66.2 Å². The number of rotatable bonds is 9. The highest BCUT2D eigenvalue weighted by molar-refractivity contribution is 9.10. The molecule has 25 nitrogen and oxygen atoms in total. The van der Waals surface area contributed by atoms with E-state index in [1.165, 1.54) is 29.3 Å². The van der Waals surface area contributed by atoms with Gasteiger partial charge in [0.1, 0.15) is 36.5 Å². The lowest BCUT2D eigenvalue weighted by Gasteiger charge is -2.31. The summed E-state index contributed by atoms with van der Waals surface area (Å²) in [5.74, 6) is -6.60. The number of ether oxygens (including phenoxy) is 2. The van der Waals surface area contributed by atoms with E-state index in [0.717, 1.165) is 127 Å². The number of carbonyl (C=O) groups excluding carboxylic acids is 2. The minimum atomic E-state index is -5.08. The standard InChI is InChI=1S/C28H31ClFN5O2.C23H23ClFN5.C18H15BrClFN4.C10H16BNO2.C6H14O2.2C2HF3O2.C2H6/c1-17-26-20-9-8-19(18-10-13-34(14-11-18)27(36)37-28(2,3)4)16-21(20)24(12-15-35(26)33-32-17)31-25-22(29)6-5-7-23(25)30;1-14-23-17-6-5-16(15-7-10-26-11-8-15)13-18(17)21(9-12-30(23)29-28-14)27-22-19(24)3-2-4-20(22)25;1-10-18-12-6-5-11(19)9-13(12)16(7-8-25(18)24-23-10)22-17-14(20)3-2-4-15(17)21;1-10(2,3)14-9(13)12-6-4-8(11)5-7-12;1-5(2,7)6(3,4)8;2*3-2(4,5)1(6)7;1-2/h5-10,16,24,31H,11-15H2,1-4H3;2-7,13,21,26-27H,8-12H2,1H3;2-6,9,16,22H,7-8H2,1H3;4H,5-7H2,1-3H3;7-8H,1-4H3;2*(H,6,7);1-2H3/i;;;;;;;1D. The number of aliphatic hydroxyl groups is 2. The number of hydrogen-bond donors (Lipinski definition) is 8. The Hall–Kier alpha value is -10.5. The monoisotopic (exact) mass is 1940 g/mol. The zero-order chi connectivity index (χ0) is 97.2. The Bertz CT molecular complexity index is 5500. The summed E-state index contributed by atoms with van der Waals surface area (Å²) < 4.78 is 131. The Balaban J connectivity index is 0.000000203. The first-order valence-corrected chi connectivity index (χ1v) is 43.4.